The fourth-order valence-electron chi connectivity index (χ4n) is 3.01. The molecule has 1 unspecified atom stereocenters. The van der Waals surface area contributed by atoms with Crippen LogP contribution in [0.5, 0.6) is 0 Å². The Morgan fingerprint density at radius 3 is 2.30 bits per heavy atom. The molecule has 0 spiro atoms. The highest BCUT2D eigenvalue weighted by atomic mass is 15.3. The average molecular weight is 280 g/mol. The lowest BCUT2D eigenvalue weighted by atomic mass is 9.92. The van der Waals surface area contributed by atoms with Crippen LogP contribution in [-0.4, -0.2) is 60.6 Å². The maximum atomic E-state index is 9.41. The molecule has 1 atom stereocenters. The summed E-state index contributed by atoms with van der Waals surface area (Å²) >= 11 is 0. The predicted octanol–water partition coefficient (Wildman–Crippen LogP) is 2.07. The van der Waals surface area contributed by atoms with Crippen LogP contribution in [-0.2, 0) is 0 Å². The summed E-state index contributed by atoms with van der Waals surface area (Å²) in [7, 11) is 0. The first-order chi connectivity index (χ1) is 9.56. The molecule has 0 bridgehead atoms. The molecule has 4 nitrogen and oxygen atoms in total. The maximum Gasteiger partial charge on any atom is 0.106 e. The van der Waals surface area contributed by atoms with E-state index in [4.69, 9.17) is 0 Å². The van der Waals surface area contributed by atoms with Crippen molar-refractivity contribution in [2.45, 2.75) is 58.5 Å². The Morgan fingerprint density at radius 1 is 1.20 bits per heavy atom. The SMILES string of the molecule is CCNC(C#N)(CC)CCCN1CCN(C(C)C)CC1. The van der Waals surface area contributed by atoms with E-state index in [1.165, 1.54) is 26.2 Å². The number of nitrogens with one attached hydrogen (secondary N) is 1. The average Bonchev–Trinajstić information content (AvgIpc) is 2.47. The van der Waals surface area contributed by atoms with E-state index in [-0.39, 0.29) is 5.54 Å². The van der Waals surface area contributed by atoms with Gasteiger partial charge < -0.3 is 4.90 Å². The van der Waals surface area contributed by atoms with E-state index < -0.39 is 0 Å². The van der Waals surface area contributed by atoms with Crippen molar-refractivity contribution in [3.8, 4) is 6.07 Å². The molecule has 0 aromatic heterocycles. The summed E-state index contributed by atoms with van der Waals surface area (Å²) in [5.74, 6) is 0. The third-order valence-electron chi connectivity index (χ3n) is 4.55. The van der Waals surface area contributed by atoms with Crippen molar-refractivity contribution < 1.29 is 0 Å². The highest BCUT2D eigenvalue weighted by molar-refractivity contribution is 5.06. The monoisotopic (exact) mass is 280 g/mol. The molecule has 1 fully saturated rings. The van der Waals surface area contributed by atoms with Gasteiger partial charge in [-0.3, -0.25) is 10.2 Å². The summed E-state index contributed by atoms with van der Waals surface area (Å²) in [4.78, 5) is 5.09. The molecule has 1 aliphatic rings. The van der Waals surface area contributed by atoms with Crippen LogP contribution in [0.2, 0.25) is 0 Å². The van der Waals surface area contributed by atoms with Crippen LogP contribution in [0.4, 0.5) is 0 Å². The minimum Gasteiger partial charge on any atom is -0.301 e. The van der Waals surface area contributed by atoms with Crippen LogP contribution in [0.1, 0.15) is 47.0 Å². The Balaban J connectivity index is 2.29. The van der Waals surface area contributed by atoms with Gasteiger partial charge >= 0.3 is 0 Å². The fourth-order valence-corrected chi connectivity index (χ4v) is 3.01. The van der Waals surface area contributed by atoms with Gasteiger partial charge in [-0.05, 0) is 46.2 Å². The molecule has 1 rings (SSSR count). The summed E-state index contributed by atoms with van der Waals surface area (Å²) in [5, 5.41) is 12.8. The summed E-state index contributed by atoms with van der Waals surface area (Å²) in [6.45, 7) is 15.4. The van der Waals surface area contributed by atoms with Crippen LogP contribution in [0, 0.1) is 11.3 Å². The molecule has 4 heteroatoms. The molecule has 0 aromatic rings. The molecule has 0 amide bonds. The van der Waals surface area contributed by atoms with Gasteiger partial charge in [-0.15, -0.1) is 0 Å². The van der Waals surface area contributed by atoms with Gasteiger partial charge in [0.1, 0.15) is 5.54 Å². The predicted molar refractivity (Wildman–Crippen MR) is 84.7 cm³/mol. The zero-order chi connectivity index (χ0) is 15.0. The molecule has 116 valence electrons. The normalized spacial score (nSPS) is 20.8. The first kappa shape index (κ1) is 17.4. The van der Waals surface area contributed by atoms with Gasteiger partial charge in [0.15, 0.2) is 0 Å². The van der Waals surface area contributed by atoms with Crippen molar-refractivity contribution in [1.82, 2.24) is 15.1 Å². The van der Waals surface area contributed by atoms with E-state index in [1.807, 2.05) is 0 Å². The van der Waals surface area contributed by atoms with Gasteiger partial charge in [-0.2, -0.15) is 5.26 Å². The van der Waals surface area contributed by atoms with Crippen molar-refractivity contribution >= 4 is 0 Å². The van der Waals surface area contributed by atoms with E-state index in [9.17, 15) is 5.26 Å². The molecular weight excluding hydrogens is 248 g/mol. The van der Waals surface area contributed by atoms with Crippen molar-refractivity contribution in [3.63, 3.8) is 0 Å². The second-order valence-electron chi connectivity index (χ2n) is 6.15. The summed E-state index contributed by atoms with van der Waals surface area (Å²) < 4.78 is 0. The molecule has 0 aliphatic carbocycles. The third-order valence-corrected chi connectivity index (χ3v) is 4.55. The van der Waals surface area contributed by atoms with Gasteiger partial charge in [0.2, 0.25) is 0 Å². The minimum atomic E-state index is -0.311. The first-order valence-electron chi connectivity index (χ1n) is 8.19. The highest BCUT2D eigenvalue weighted by Crippen LogP contribution is 2.17. The summed E-state index contributed by atoms with van der Waals surface area (Å²) in [5.41, 5.74) is -0.311. The van der Waals surface area contributed by atoms with E-state index in [2.05, 4.69) is 48.9 Å². The lowest BCUT2D eigenvalue weighted by molar-refractivity contribution is 0.106. The summed E-state index contributed by atoms with van der Waals surface area (Å²) in [6.07, 6.45) is 2.95. The van der Waals surface area contributed by atoms with Crippen LogP contribution < -0.4 is 5.32 Å². The van der Waals surface area contributed by atoms with Crippen molar-refractivity contribution in [2.24, 2.45) is 0 Å². The lowest BCUT2D eigenvalue weighted by Crippen LogP contribution is -2.49. The number of piperazine rings is 1. The number of nitriles is 1. The Bertz CT molecular complexity index is 302. The Kier molecular flexibility index (Phi) is 7.50. The topological polar surface area (TPSA) is 42.3 Å². The largest absolute Gasteiger partial charge is 0.301 e. The molecule has 20 heavy (non-hydrogen) atoms. The number of hydrogen-bond acceptors (Lipinski definition) is 4. The molecule has 1 N–H and O–H groups in total. The third kappa shape index (κ3) is 5.05. The molecule has 0 saturated carbocycles. The van der Waals surface area contributed by atoms with Gasteiger partial charge in [0.25, 0.3) is 0 Å². The second kappa shape index (κ2) is 8.61. The standard InChI is InChI=1S/C16H32N4/c1-5-16(14-17,18-6-2)8-7-9-19-10-12-20(13-11-19)15(3)4/h15,18H,5-13H2,1-4H3. The zero-order valence-corrected chi connectivity index (χ0v) is 13.8. The Morgan fingerprint density at radius 2 is 1.85 bits per heavy atom. The van der Waals surface area contributed by atoms with Crippen LogP contribution in [0.15, 0.2) is 0 Å². The lowest BCUT2D eigenvalue weighted by Gasteiger charge is -2.37. The van der Waals surface area contributed by atoms with Crippen molar-refractivity contribution in [2.75, 3.05) is 39.3 Å². The quantitative estimate of drug-likeness (QED) is 0.739. The molecule has 1 heterocycles. The van der Waals surface area contributed by atoms with Crippen LogP contribution >= 0.6 is 0 Å². The molecule has 1 saturated heterocycles. The van der Waals surface area contributed by atoms with Crippen molar-refractivity contribution in [3.05, 3.63) is 0 Å². The Hall–Kier alpha value is -0.630. The van der Waals surface area contributed by atoms with E-state index in [1.54, 1.807) is 0 Å². The van der Waals surface area contributed by atoms with E-state index in [0.29, 0.717) is 6.04 Å². The first-order valence-corrected chi connectivity index (χ1v) is 8.19. The van der Waals surface area contributed by atoms with Gasteiger partial charge in [-0.25, -0.2) is 0 Å². The number of rotatable bonds is 8. The zero-order valence-electron chi connectivity index (χ0n) is 13.8. The van der Waals surface area contributed by atoms with Crippen LogP contribution in [0.25, 0.3) is 0 Å². The van der Waals surface area contributed by atoms with E-state index in [0.717, 1.165) is 32.4 Å². The molecular formula is C16H32N4. The molecule has 0 aromatic carbocycles. The fraction of sp³-hybridized carbons (Fsp3) is 0.938. The van der Waals surface area contributed by atoms with E-state index >= 15 is 0 Å². The Labute approximate surface area is 125 Å². The smallest absolute Gasteiger partial charge is 0.106 e. The highest BCUT2D eigenvalue weighted by Gasteiger charge is 2.26. The van der Waals surface area contributed by atoms with Crippen LogP contribution in [0.3, 0.4) is 0 Å². The van der Waals surface area contributed by atoms with Gasteiger partial charge in [-0.1, -0.05) is 13.8 Å². The minimum absolute atomic E-state index is 0.311. The maximum absolute atomic E-state index is 9.41. The number of nitrogens with zero attached hydrogens (tertiary/aromatic N) is 3. The molecule has 0 radical (unpaired) electrons. The van der Waals surface area contributed by atoms with Gasteiger partial charge in [0.05, 0.1) is 6.07 Å². The molecule has 1 aliphatic heterocycles. The van der Waals surface area contributed by atoms with Gasteiger partial charge in [0, 0.05) is 32.2 Å². The summed E-state index contributed by atoms with van der Waals surface area (Å²) in [6, 6.07) is 3.15. The van der Waals surface area contributed by atoms with Crippen molar-refractivity contribution in [1.29, 1.82) is 5.26 Å². The number of hydrogen-bond donors (Lipinski definition) is 1. The second-order valence-corrected chi connectivity index (χ2v) is 6.15.